The number of carbonyl (C=O) groups is 1. The number of nitrogens with zero attached hydrogens (tertiary/aromatic N) is 2. The molecule has 0 aromatic carbocycles. The van der Waals surface area contributed by atoms with E-state index in [4.69, 9.17) is 11.6 Å². The molecule has 6 heteroatoms. The average molecular weight is 286 g/mol. The average Bonchev–Trinajstić information content (AvgIpc) is 2.33. The van der Waals surface area contributed by atoms with Crippen LogP contribution in [0, 0.1) is 0 Å². The zero-order valence-electron chi connectivity index (χ0n) is 11.6. The summed E-state index contributed by atoms with van der Waals surface area (Å²) in [4.78, 5) is 18.1. The molecule has 0 saturated carbocycles. The summed E-state index contributed by atoms with van der Waals surface area (Å²) in [6.45, 7) is 5.75. The van der Waals surface area contributed by atoms with Crippen LogP contribution in [0.2, 0.25) is 5.15 Å². The highest BCUT2D eigenvalue weighted by Gasteiger charge is 2.21. The summed E-state index contributed by atoms with van der Waals surface area (Å²) < 4.78 is 0. The Morgan fingerprint density at radius 3 is 2.58 bits per heavy atom. The van der Waals surface area contributed by atoms with E-state index < -0.39 is 6.10 Å². The van der Waals surface area contributed by atoms with Crippen molar-refractivity contribution in [2.75, 3.05) is 18.9 Å². The normalized spacial score (nSPS) is 12.4. The van der Waals surface area contributed by atoms with Crippen LogP contribution in [-0.4, -0.2) is 46.6 Å². The fraction of sp³-hybridized carbons (Fsp3) is 0.538. The van der Waals surface area contributed by atoms with Gasteiger partial charge in [0.2, 0.25) is 0 Å². The van der Waals surface area contributed by atoms with E-state index in [1.165, 1.54) is 6.07 Å². The summed E-state index contributed by atoms with van der Waals surface area (Å²) in [5.41, 5.74) is 0.457. The van der Waals surface area contributed by atoms with Crippen molar-refractivity contribution < 1.29 is 9.90 Å². The zero-order chi connectivity index (χ0) is 14.6. The molecule has 1 unspecified atom stereocenters. The van der Waals surface area contributed by atoms with Crippen molar-refractivity contribution in [3.05, 3.63) is 22.8 Å². The molecule has 0 saturated heterocycles. The molecule has 1 aromatic rings. The third-order valence-electron chi connectivity index (χ3n) is 2.64. The number of halogens is 1. The summed E-state index contributed by atoms with van der Waals surface area (Å²) in [6.07, 6.45) is -0.576. The Hall–Kier alpha value is -1.33. The molecule has 0 bridgehead atoms. The van der Waals surface area contributed by atoms with Gasteiger partial charge in [-0.25, -0.2) is 4.98 Å². The molecule has 106 valence electrons. The first-order chi connectivity index (χ1) is 8.85. The minimum atomic E-state index is -0.576. The summed E-state index contributed by atoms with van der Waals surface area (Å²) in [5.74, 6) is 0.369. The molecular weight excluding hydrogens is 266 g/mol. The fourth-order valence-corrected chi connectivity index (χ4v) is 1.94. The van der Waals surface area contributed by atoms with E-state index in [1.54, 1.807) is 24.9 Å². The second-order valence-electron chi connectivity index (χ2n) is 4.71. The van der Waals surface area contributed by atoms with Crippen LogP contribution in [0.3, 0.4) is 0 Å². The molecule has 2 N–H and O–H groups in total. The van der Waals surface area contributed by atoms with Gasteiger partial charge in [-0.3, -0.25) is 4.79 Å². The molecule has 19 heavy (non-hydrogen) atoms. The highest BCUT2D eigenvalue weighted by Crippen LogP contribution is 2.17. The lowest BCUT2D eigenvalue weighted by Crippen LogP contribution is -2.41. The van der Waals surface area contributed by atoms with Crippen LogP contribution in [0.15, 0.2) is 12.1 Å². The second-order valence-corrected chi connectivity index (χ2v) is 5.10. The van der Waals surface area contributed by atoms with Crippen molar-refractivity contribution in [1.82, 2.24) is 9.88 Å². The number of carbonyl (C=O) groups excluding carboxylic acids is 1. The lowest BCUT2D eigenvalue weighted by molar-refractivity contribution is 0.0579. The Kier molecular flexibility index (Phi) is 5.57. The van der Waals surface area contributed by atoms with Crippen molar-refractivity contribution in [3.8, 4) is 0 Å². The molecule has 0 aliphatic rings. The maximum Gasteiger partial charge on any atom is 0.254 e. The van der Waals surface area contributed by atoms with Gasteiger partial charge in [0.15, 0.2) is 0 Å². The van der Waals surface area contributed by atoms with Crippen LogP contribution in [0.5, 0.6) is 0 Å². The number of pyridine rings is 1. The standard InChI is InChI=1S/C13H20ClN3O2/c1-8(2)17(7-9(3)18)13(19)10-5-11(14)16-12(6-10)15-4/h5-6,8-9,18H,7H2,1-4H3,(H,15,16). The molecule has 5 nitrogen and oxygen atoms in total. The lowest BCUT2D eigenvalue weighted by Gasteiger charge is -2.28. The molecule has 1 atom stereocenters. The monoisotopic (exact) mass is 285 g/mol. The Bertz CT molecular complexity index is 450. The van der Waals surface area contributed by atoms with Gasteiger partial charge in [-0.1, -0.05) is 11.6 Å². The molecule has 0 aliphatic carbocycles. The molecule has 0 aliphatic heterocycles. The second kappa shape index (κ2) is 6.73. The van der Waals surface area contributed by atoms with Gasteiger partial charge in [0, 0.05) is 25.2 Å². The van der Waals surface area contributed by atoms with Gasteiger partial charge in [-0.15, -0.1) is 0 Å². The molecule has 1 rings (SSSR count). The number of hydrogen-bond donors (Lipinski definition) is 2. The molecule has 0 fully saturated rings. The highest BCUT2D eigenvalue weighted by atomic mass is 35.5. The Morgan fingerprint density at radius 2 is 2.11 bits per heavy atom. The Balaban J connectivity index is 3.05. The van der Waals surface area contributed by atoms with Crippen LogP contribution in [0.4, 0.5) is 5.82 Å². The minimum Gasteiger partial charge on any atom is -0.392 e. The Morgan fingerprint density at radius 1 is 1.47 bits per heavy atom. The van der Waals surface area contributed by atoms with Crippen molar-refractivity contribution in [2.24, 2.45) is 0 Å². The van der Waals surface area contributed by atoms with Crippen LogP contribution in [-0.2, 0) is 0 Å². The smallest absolute Gasteiger partial charge is 0.254 e. The summed E-state index contributed by atoms with van der Waals surface area (Å²) >= 11 is 5.89. The van der Waals surface area contributed by atoms with Crippen molar-refractivity contribution in [1.29, 1.82) is 0 Å². The predicted molar refractivity (Wildman–Crippen MR) is 76.6 cm³/mol. The first-order valence-electron chi connectivity index (χ1n) is 6.19. The van der Waals surface area contributed by atoms with Gasteiger partial charge >= 0.3 is 0 Å². The van der Waals surface area contributed by atoms with Gasteiger partial charge in [-0.05, 0) is 32.9 Å². The van der Waals surface area contributed by atoms with Gasteiger partial charge in [0.05, 0.1) is 6.10 Å². The summed E-state index contributed by atoms with van der Waals surface area (Å²) in [5, 5.41) is 12.6. The lowest BCUT2D eigenvalue weighted by atomic mass is 10.2. The van der Waals surface area contributed by atoms with Gasteiger partial charge < -0.3 is 15.3 Å². The molecular formula is C13H20ClN3O2. The molecule has 0 spiro atoms. The maximum absolute atomic E-state index is 12.4. The van der Waals surface area contributed by atoms with Crippen LogP contribution in [0.1, 0.15) is 31.1 Å². The van der Waals surface area contributed by atoms with Gasteiger partial charge in [0.25, 0.3) is 5.91 Å². The number of amides is 1. The summed E-state index contributed by atoms with van der Waals surface area (Å²) in [6, 6.07) is 3.17. The van der Waals surface area contributed by atoms with E-state index in [0.29, 0.717) is 11.4 Å². The van der Waals surface area contributed by atoms with E-state index in [2.05, 4.69) is 10.3 Å². The molecule has 0 radical (unpaired) electrons. The first-order valence-corrected chi connectivity index (χ1v) is 6.57. The number of rotatable bonds is 5. The molecule has 1 aromatic heterocycles. The van der Waals surface area contributed by atoms with E-state index in [-0.39, 0.29) is 23.6 Å². The number of anilines is 1. The van der Waals surface area contributed by atoms with Gasteiger partial charge in [0.1, 0.15) is 11.0 Å². The van der Waals surface area contributed by atoms with E-state index in [0.717, 1.165) is 0 Å². The zero-order valence-corrected chi connectivity index (χ0v) is 12.4. The van der Waals surface area contributed by atoms with Crippen LogP contribution in [0.25, 0.3) is 0 Å². The highest BCUT2D eigenvalue weighted by molar-refractivity contribution is 6.29. The van der Waals surface area contributed by atoms with E-state index >= 15 is 0 Å². The first kappa shape index (κ1) is 15.7. The van der Waals surface area contributed by atoms with Gasteiger partial charge in [-0.2, -0.15) is 0 Å². The van der Waals surface area contributed by atoms with E-state index in [1.807, 2.05) is 13.8 Å². The largest absolute Gasteiger partial charge is 0.392 e. The third-order valence-corrected chi connectivity index (χ3v) is 2.84. The van der Waals surface area contributed by atoms with E-state index in [9.17, 15) is 9.90 Å². The number of aromatic nitrogens is 1. The molecule has 1 amide bonds. The van der Waals surface area contributed by atoms with Crippen molar-refractivity contribution in [2.45, 2.75) is 32.9 Å². The number of hydrogen-bond acceptors (Lipinski definition) is 4. The maximum atomic E-state index is 12.4. The number of nitrogens with one attached hydrogen (secondary N) is 1. The fourth-order valence-electron chi connectivity index (χ4n) is 1.73. The van der Waals surface area contributed by atoms with Crippen molar-refractivity contribution in [3.63, 3.8) is 0 Å². The van der Waals surface area contributed by atoms with Crippen molar-refractivity contribution >= 4 is 23.3 Å². The summed E-state index contributed by atoms with van der Waals surface area (Å²) in [7, 11) is 1.71. The SMILES string of the molecule is CNc1cc(C(=O)N(CC(C)O)C(C)C)cc(Cl)n1. The number of aliphatic hydroxyl groups excluding tert-OH is 1. The van der Waals surface area contributed by atoms with Crippen LogP contribution >= 0.6 is 11.6 Å². The number of aliphatic hydroxyl groups is 1. The topological polar surface area (TPSA) is 65.5 Å². The third kappa shape index (κ3) is 4.36. The Labute approximate surface area is 118 Å². The van der Waals surface area contributed by atoms with Crippen LogP contribution < -0.4 is 5.32 Å². The predicted octanol–water partition coefficient (Wildman–Crippen LogP) is 2.01. The minimum absolute atomic E-state index is 0.00734. The quantitative estimate of drug-likeness (QED) is 0.812. The molecule has 1 heterocycles.